The van der Waals surface area contributed by atoms with Crippen molar-refractivity contribution in [1.29, 1.82) is 0 Å². The van der Waals surface area contributed by atoms with Gasteiger partial charge in [-0.1, -0.05) is 36.1 Å². The highest BCUT2D eigenvalue weighted by atomic mass is 32.2. The second kappa shape index (κ2) is 10.3. The molecule has 2 aromatic rings. The number of non-ortho nitro benzene ring substituents is 2. The Morgan fingerprint density at radius 1 is 1.08 bits per heavy atom. The maximum Gasteiger partial charge on any atom is 0.508 e. The number of thiocarbonyl (C=S) groups is 1. The molecular formula is C23H19N3O10S2. The molecule has 0 radical (unpaired) electrons. The van der Waals surface area contributed by atoms with Crippen LogP contribution in [-0.2, 0) is 32.1 Å². The van der Waals surface area contributed by atoms with E-state index in [9.17, 15) is 39.7 Å². The summed E-state index contributed by atoms with van der Waals surface area (Å²) in [5.41, 5.74) is -1.19. The van der Waals surface area contributed by atoms with Gasteiger partial charge in [0.2, 0.25) is 5.91 Å². The predicted octanol–water partition coefficient (Wildman–Crippen LogP) is 3.47. The number of fused-ring (bicyclic) bond motifs is 1. The quantitative estimate of drug-likeness (QED) is 0.155. The van der Waals surface area contributed by atoms with Crippen LogP contribution in [-0.4, -0.2) is 59.1 Å². The summed E-state index contributed by atoms with van der Waals surface area (Å²) in [5.74, 6) is -2.77. The van der Waals surface area contributed by atoms with Gasteiger partial charge in [0.15, 0.2) is 5.54 Å². The molecule has 198 valence electrons. The summed E-state index contributed by atoms with van der Waals surface area (Å²) in [5, 5.41) is 31.1. The second-order valence-electron chi connectivity index (χ2n) is 8.58. The maximum atomic E-state index is 13.1. The Hall–Kier alpha value is -4.11. The highest BCUT2D eigenvalue weighted by Gasteiger charge is 2.69. The Balaban J connectivity index is 1.41. The Morgan fingerprint density at radius 2 is 1.61 bits per heavy atom. The van der Waals surface area contributed by atoms with Gasteiger partial charge in [0, 0.05) is 30.7 Å². The molecular weight excluding hydrogens is 542 g/mol. The standard InChI is InChI=1S/C23H19N3O10S2/c1-12(36-22(30)35-11-14-4-8-16(9-5-14)26(33)34)17-18(27)24-19(17)38-21(37)23(24,20(28)29)10-13-2-6-15(7-3-13)25(31)32/h2-9,12,17,19H,10-11H2,1H3,(H,28,29)/t12?,17?,19-,23?/m1/s1. The molecule has 2 aliphatic rings. The zero-order valence-corrected chi connectivity index (χ0v) is 21.2. The summed E-state index contributed by atoms with van der Waals surface area (Å²) in [6.45, 7) is 1.27. The number of carboxylic acids is 1. The van der Waals surface area contributed by atoms with Crippen LogP contribution in [0.5, 0.6) is 0 Å². The minimum Gasteiger partial charge on any atom is -0.479 e. The molecule has 1 amide bonds. The summed E-state index contributed by atoms with van der Waals surface area (Å²) in [4.78, 5) is 59.5. The van der Waals surface area contributed by atoms with Gasteiger partial charge in [0.25, 0.3) is 11.4 Å². The van der Waals surface area contributed by atoms with Crippen molar-refractivity contribution in [2.24, 2.45) is 5.92 Å². The summed E-state index contributed by atoms with van der Waals surface area (Å²) >= 11 is 6.42. The van der Waals surface area contributed by atoms with Crippen molar-refractivity contribution in [3.05, 3.63) is 79.9 Å². The summed E-state index contributed by atoms with van der Waals surface area (Å²) < 4.78 is 10.3. The molecule has 4 rings (SSSR count). The van der Waals surface area contributed by atoms with Crippen molar-refractivity contribution in [2.45, 2.75) is 37.0 Å². The second-order valence-corrected chi connectivity index (χ2v) is 10.4. The fourth-order valence-corrected chi connectivity index (χ4v) is 6.42. The topological polar surface area (TPSA) is 179 Å². The molecule has 3 unspecified atom stereocenters. The molecule has 15 heteroatoms. The van der Waals surface area contributed by atoms with Gasteiger partial charge in [-0.05, 0) is 30.2 Å². The molecule has 2 aromatic carbocycles. The van der Waals surface area contributed by atoms with E-state index in [1.54, 1.807) is 0 Å². The number of nitro benzene ring substituents is 2. The average Bonchev–Trinajstić information content (AvgIpc) is 3.11. The van der Waals surface area contributed by atoms with Crippen molar-refractivity contribution >= 4 is 57.6 Å². The Kier molecular flexibility index (Phi) is 7.33. The van der Waals surface area contributed by atoms with Crippen molar-refractivity contribution in [3.8, 4) is 0 Å². The molecule has 0 spiro atoms. The fourth-order valence-electron chi connectivity index (χ4n) is 4.33. The smallest absolute Gasteiger partial charge is 0.479 e. The lowest BCUT2D eigenvalue weighted by Gasteiger charge is -2.49. The Labute approximate surface area is 224 Å². The number of nitrogens with zero attached hydrogens (tertiary/aromatic N) is 3. The fraction of sp³-hybridized carbons (Fsp3) is 0.304. The van der Waals surface area contributed by atoms with Gasteiger partial charge < -0.3 is 19.5 Å². The van der Waals surface area contributed by atoms with Gasteiger partial charge in [0.1, 0.15) is 18.6 Å². The molecule has 2 aliphatic heterocycles. The highest BCUT2D eigenvalue weighted by molar-refractivity contribution is 8.24. The van der Waals surface area contributed by atoms with E-state index in [1.165, 1.54) is 55.5 Å². The zero-order valence-electron chi connectivity index (χ0n) is 19.5. The molecule has 13 nitrogen and oxygen atoms in total. The van der Waals surface area contributed by atoms with Crippen LogP contribution in [0.4, 0.5) is 16.2 Å². The number of β-lactam (4-membered cyclic amide) rings is 1. The number of aliphatic carboxylic acids is 1. The maximum absolute atomic E-state index is 13.1. The zero-order chi connectivity index (χ0) is 27.8. The molecule has 1 N–H and O–H groups in total. The van der Waals surface area contributed by atoms with E-state index >= 15 is 0 Å². The number of carbonyl (C=O) groups is 3. The van der Waals surface area contributed by atoms with Crippen molar-refractivity contribution in [2.75, 3.05) is 0 Å². The number of thioether (sulfide) groups is 1. The summed E-state index contributed by atoms with van der Waals surface area (Å²) in [6.07, 6.45) is -2.22. The van der Waals surface area contributed by atoms with Gasteiger partial charge in [-0.25, -0.2) is 9.59 Å². The van der Waals surface area contributed by atoms with Crippen LogP contribution in [0, 0.1) is 26.1 Å². The Bertz CT molecular complexity index is 1330. The largest absolute Gasteiger partial charge is 0.508 e. The molecule has 2 heterocycles. The van der Waals surface area contributed by atoms with Crippen LogP contribution in [0.15, 0.2) is 48.5 Å². The van der Waals surface area contributed by atoms with Crippen molar-refractivity contribution in [3.63, 3.8) is 0 Å². The summed E-state index contributed by atoms with van der Waals surface area (Å²) in [7, 11) is 0. The van der Waals surface area contributed by atoms with Crippen LogP contribution in [0.2, 0.25) is 0 Å². The molecule has 0 aromatic heterocycles. The van der Waals surface area contributed by atoms with E-state index in [2.05, 4.69) is 0 Å². The predicted molar refractivity (Wildman–Crippen MR) is 135 cm³/mol. The number of carbonyl (C=O) groups excluding carboxylic acids is 2. The van der Waals surface area contributed by atoms with Crippen molar-refractivity contribution in [1.82, 2.24) is 4.90 Å². The molecule has 0 aliphatic carbocycles. The minimum absolute atomic E-state index is 0.0529. The van der Waals surface area contributed by atoms with Gasteiger partial charge >= 0.3 is 12.1 Å². The van der Waals surface area contributed by atoms with Gasteiger partial charge in [-0.3, -0.25) is 25.0 Å². The van der Waals surface area contributed by atoms with Gasteiger partial charge in [-0.2, -0.15) is 0 Å². The SMILES string of the molecule is CC(OC(=O)OCc1ccc([N+](=O)[O-])cc1)C1C(=O)N2[C@@H]1SC(=S)C2(Cc1ccc([N+](=O)[O-])cc1)C(=O)O. The van der Waals surface area contributed by atoms with E-state index in [-0.39, 0.29) is 28.6 Å². The number of rotatable bonds is 9. The first-order chi connectivity index (χ1) is 18.0. The lowest BCUT2D eigenvalue weighted by Crippen LogP contribution is -2.70. The first-order valence-electron chi connectivity index (χ1n) is 11.0. The normalized spacial score (nSPS) is 22.7. The summed E-state index contributed by atoms with van der Waals surface area (Å²) in [6, 6.07) is 10.7. The van der Waals surface area contributed by atoms with Crippen LogP contribution in [0.1, 0.15) is 18.1 Å². The number of benzene rings is 2. The first kappa shape index (κ1) is 26.9. The number of ether oxygens (including phenoxy) is 2. The first-order valence-corrected chi connectivity index (χ1v) is 12.3. The number of amides is 1. The molecule has 2 saturated heterocycles. The van der Waals surface area contributed by atoms with E-state index in [1.807, 2.05) is 0 Å². The third kappa shape index (κ3) is 4.77. The Morgan fingerprint density at radius 3 is 2.11 bits per heavy atom. The third-order valence-corrected chi connectivity index (χ3v) is 8.24. The number of nitro groups is 2. The van der Waals surface area contributed by atoms with Gasteiger partial charge in [-0.15, -0.1) is 0 Å². The van der Waals surface area contributed by atoms with Crippen LogP contribution >= 0.6 is 24.0 Å². The van der Waals surface area contributed by atoms with Crippen LogP contribution in [0.3, 0.4) is 0 Å². The van der Waals surface area contributed by atoms with Crippen LogP contribution in [0.25, 0.3) is 0 Å². The van der Waals surface area contributed by atoms with E-state index in [0.717, 1.165) is 16.7 Å². The monoisotopic (exact) mass is 561 g/mol. The lowest BCUT2D eigenvalue weighted by molar-refractivity contribution is -0.385. The third-order valence-electron chi connectivity index (χ3n) is 6.31. The van der Waals surface area contributed by atoms with Crippen LogP contribution < -0.4 is 0 Å². The number of carboxylic acid groups (broad SMARTS) is 1. The van der Waals surface area contributed by atoms with Crippen molar-refractivity contribution < 1.29 is 38.8 Å². The average molecular weight is 562 g/mol. The highest BCUT2D eigenvalue weighted by Crippen LogP contribution is 2.53. The van der Waals surface area contributed by atoms with E-state index in [4.69, 9.17) is 21.7 Å². The van der Waals surface area contributed by atoms with E-state index in [0.29, 0.717) is 11.1 Å². The molecule has 38 heavy (non-hydrogen) atoms. The number of hydrogen-bond donors (Lipinski definition) is 1. The van der Waals surface area contributed by atoms with Gasteiger partial charge in [0.05, 0.1) is 19.4 Å². The molecule has 2 fully saturated rings. The molecule has 4 atom stereocenters. The minimum atomic E-state index is -1.84. The molecule has 0 bridgehead atoms. The lowest BCUT2D eigenvalue weighted by atomic mass is 9.82. The van der Waals surface area contributed by atoms with E-state index < -0.39 is 50.8 Å². The number of hydrogen-bond acceptors (Lipinski definition) is 11. The molecule has 0 saturated carbocycles.